The average molecular weight is 303 g/mol. The topological polar surface area (TPSA) is 55.8 Å². The minimum Gasteiger partial charge on any atom is -0.447 e. The molecular formula is C17H21NO4. The molecule has 5 nitrogen and oxygen atoms in total. The molecule has 118 valence electrons. The third-order valence-corrected chi connectivity index (χ3v) is 3.47. The van der Waals surface area contributed by atoms with Crippen LogP contribution in [-0.2, 0) is 20.7 Å². The normalized spacial score (nSPS) is 17.4. The molecule has 22 heavy (non-hydrogen) atoms. The number of rotatable bonds is 8. The van der Waals surface area contributed by atoms with Crippen LogP contribution in [0.15, 0.2) is 43.0 Å². The van der Waals surface area contributed by atoms with E-state index in [1.165, 1.54) is 4.90 Å². The van der Waals surface area contributed by atoms with E-state index in [-0.39, 0.29) is 25.2 Å². The Kier molecular flexibility index (Phi) is 6.15. The van der Waals surface area contributed by atoms with Crippen molar-refractivity contribution in [2.45, 2.75) is 25.3 Å². The largest absolute Gasteiger partial charge is 0.447 e. The molecule has 5 heteroatoms. The van der Waals surface area contributed by atoms with Crippen LogP contribution in [-0.4, -0.2) is 42.8 Å². The van der Waals surface area contributed by atoms with E-state index in [9.17, 15) is 9.59 Å². The highest BCUT2D eigenvalue weighted by atomic mass is 16.6. The predicted octanol–water partition coefficient (Wildman–Crippen LogP) is 2.56. The molecule has 1 atom stereocenters. The molecule has 1 heterocycles. The fourth-order valence-electron chi connectivity index (χ4n) is 2.36. The molecule has 1 saturated heterocycles. The Hall–Kier alpha value is -2.14. The van der Waals surface area contributed by atoms with Gasteiger partial charge in [0.25, 0.3) is 5.91 Å². The maximum Gasteiger partial charge on any atom is 0.417 e. The Labute approximate surface area is 130 Å². The van der Waals surface area contributed by atoms with E-state index in [4.69, 9.17) is 9.47 Å². The number of carbonyl (C=O) groups excluding carboxylic acids is 2. The van der Waals surface area contributed by atoms with Crippen LogP contribution in [0.4, 0.5) is 4.79 Å². The summed E-state index contributed by atoms with van der Waals surface area (Å²) in [5.74, 6) is -0.345. The Morgan fingerprint density at radius 1 is 1.41 bits per heavy atom. The first kappa shape index (κ1) is 16.2. The highest BCUT2D eigenvalue weighted by Gasteiger charge is 2.37. The van der Waals surface area contributed by atoms with Crippen molar-refractivity contribution >= 4 is 12.0 Å². The molecule has 0 spiro atoms. The van der Waals surface area contributed by atoms with Crippen LogP contribution >= 0.6 is 0 Å². The van der Waals surface area contributed by atoms with E-state index in [1.807, 2.05) is 30.3 Å². The van der Waals surface area contributed by atoms with Gasteiger partial charge in [-0.2, -0.15) is 0 Å². The molecule has 1 aromatic rings. The van der Waals surface area contributed by atoms with Gasteiger partial charge in [0.05, 0.1) is 6.04 Å². The number of carbonyl (C=O) groups is 2. The van der Waals surface area contributed by atoms with Crippen molar-refractivity contribution in [2.75, 3.05) is 19.8 Å². The predicted molar refractivity (Wildman–Crippen MR) is 82.4 cm³/mol. The lowest BCUT2D eigenvalue weighted by Gasteiger charge is -2.19. The van der Waals surface area contributed by atoms with Crippen molar-refractivity contribution in [3.05, 3.63) is 48.6 Å². The van der Waals surface area contributed by atoms with Gasteiger partial charge >= 0.3 is 6.09 Å². The van der Waals surface area contributed by atoms with Crippen molar-refractivity contribution in [1.82, 2.24) is 4.90 Å². The maximum atomic E-state index is 12.2. The molecule has 0 bridgehead atoms. The summed E-state index contributed by atoms with van der Waals surface area (Å²) in [4.78, 5) is 25.1. The van der Waals surface area contributed by atoms with Crippen molar-refractivity contribution in [1.29, 1.82) is 0 Å². The van der Waals surface area contributed by atoms with E-state index in [0.29, 0.717) is 13.0 Å². The molecular weight excluding hydrogens is 282 g/mol. The quantitative estimate of drug-likeness (QED) is 0.547. The number of cyclic esters (lactones) is 1. The molecule has 2 rings (SSSR count). The van der Waals surface area contributed by atoms with E-state index in [0.717, 1.165) is 18.4 Å². The lowest BCUT2D eigenvalue weighted by Crippen LogP contribution is -2.42. The molecule has 0 unspecified atom stereocenters. The summed E-state index contributed by atoms with van der Waals surface area (Å²) >= 11 is 0. The number of ether oxygens (including phenoxy) is 2. The Morgan fingerprint density at radius 3 is 2.91 bits per heavy atom. The van der Waals surface area contributed by atoms with Gasteiger partial charge in [-0.15, -0.1) is 6.58 Å². The minimum absolute atomic E-state index is 0.0997. The zero-order valence-corrected chi connectivity index (χ0v) is 12.6. The van der Waals surface area contributed by atoms with Gasteiger partial charge in [-0.25, -0.2) is 9.69 Å². The number of hydrogen-bond donors (Lipinski definition) is 0. The van der Waals surface area contributed by atoms with E-state index >= 15 is 0 Å². The van der Waals surface area contributed by atoms with E-state index in [2.05, 4.69) is 6.58 Å². The van der Waals surface area contributed by atoms with Crippen molar-refractivity contribution < 1.29 is 19.1 Å². The molecule has 2 amide bonds. The standard InChI is InChI=1S/C17H21NO4/c1-2-3-7-10-21-13-16(19)18-15(12-22-17(18)20)11-14-8-5-4-6-9-14/h2,4-6,8-9,15H,1,3,7,10-13H2/t15-/m0/s1. The maximum absolute atomic E-state index is 12.2. The number of allylic oxidation sites excluding steroid dienone is 1. The molecule has 1 aliphatic heterocycles. The van der Waals surface area contributed by atoms with Crippen LogP contribution in [0, 0.1) is 0 Å². The zero-order chi connectivity index (χ0) is 15.8. The van der Waals surface area contributed by atoms with Crippen LogP contribution in [0.25, 0.3) is 0 Å². The number of nitrogens with zero attached hydrogens (tertiary/aromatic N) is 1. The molecule has 0 radical (unpaired) electrons. The average Bonchev–Trinajstić information content (AvgIpc) is 2.88. The van der Waals surface area contributed by atoms with E-state index in [1.54, 1.807) is 6.08 Å². The number of imide groups is 1. The second kappa shape index (κ2) is 8.34. The van der Waals surface area contributed by atoms with E-state index < -0.39 is 6.09 Å². The smallest absolute Gasteiger partial charge is 0.417 e. The van der Waals surface area contributed by atoms with Gasteiger partial charge < -0.3 is 9.47 Å². The fraction of sp³-hybridized carbons (Fsp3) is 0.412. The van der Waals surface area contributed by atoms with Crippen LogP contribution in [0.3, 0.4) is 0 Å². The van der Waals surface area contributed by atoms with Crippen LogP contribution < -0.4 is 0 Å². The molecule has 0 aliphatic carbocycles. The summed E-state index contributed by atoms with van der Waals surface area (Å²) in [5.41, 5.74) is 1.07. The monoisotopic (exact) mass is 303 g/mol. The van der Waals surface area contributed by atoms with Gasteiger partial charge in [0.1, 0.15) is 13.2 Å². The second-order valence-corrected chi connectivity index (χ2v) is 5.17. The minimum atomic E-state index is -0.583. The molecule has 1 fully saturated rings. The third-order valence-electron chi connectivity index (χ3n) is 3.47. The first-order valence-corrected chi connectivity index (χ1v) is 7.43. The number of benzene rings is 1. The van der Waals surface area contributed by atoms with Gasteiger partial charge in [-0.3, -0.25) is 4.79 Å². The Balaban J connectivity index is 1.87. The lowest BCUT2D eigenvalue weighted by atomic mass is 10.1. The van der Waals surface area contributed by atoms with Gasteiger partial charge in [-0.05, 0) is 24.8 Å². The molecule has 1 aliphatic rings. The third kappa shape index (κ3) is 4.43. The van der Waals surface area contributed by atoms with Crippen molar-refractivity contribution in [3.8, 4) is 0 Å². The summed E-state index contributed by atoms with van der Waals surface area (Å²) < 4.78 is 10.3. The summed E-state index contributed by atoms with van der Waals surface area (Å²) in [6.07, 6.45) is 3.47. The molecule has 0 N–H and O–H groups in total. The first-order chi connectivity index (χ1) is 10.7. The Morgan fingerprint density at radius 2 is 2.18 bits per heavy atom. The summed E-state index contributed by atoms with van der Waals surface area (Å²) in [6, 6.07) is 9.47. The summed E-state index contributed by atoms with van der Waals surface area (Å²) in [5, 5.41) is 0. The Bertz CT molecular complexity index is 515. The lowest BCUT2D eigenvalue weighted by molar-refractivity contribution is -0.134. The molecule has 0 aromatic heterocycles. The van der Waals surface area contributed by atoms with Crippen molar-refractivity contribution in [3.63, 3.8) is 0 Å². The van der Waals surface area contributed by atoms with Gasteiger partial charge in [-0.1, -0.05) is 36.4 Å². The van der Waals surface area contributed by atoms with Gasteiger partial charge in [0.2, 0.25) is 0 Å². The fourth-order valence-corrected chi connectivity index (χ4v) is 2.36. The number of hydrogen-bond acceptors (Lipinski definition) is 4. The molecule has 1 aromatic carbocycles. The van der Waals surface area contributed by atoms with Gasteiger partial charge in [0.15, 0.2) is 0 Å². The van der Waals surface area contributed by atoms with Crippen LogP contribution in [0.1, 0.15) is 18.4 Å². The first-order valence-electron chi connectivity index (χ1n) is 7.43. The zero-order valence-electron chi connectivity index (χ0n) is 12.6. The highest BCUT2D eigenvalue weighted by Crippen LogP contribution is 2.17. The molecule has 0 saturated carbocycles. The second-order valence-electron chi connectivity index (χ2n) is 5.17. The summed E-state index contributed by atoms with van der Waals surface area (Å²) in [7, 11) is 0. The highest BCUT2D eigenvalue weighted by molar-refractivity contribution is 5.94. The van der Waals surface area contributed by atoms with Crippen LogP contribution in [0.5, 0.6) is 0 Å². The van der Waals surface area contributed by atoms with Gasteiger partial charge in [0, 0.05) is 6.61 Å². The summed E-state index contributed by atoms with van der Waals surface area (Å²) in [6.45, 7) is 4.23. The SMILES string of the molecule is C=CCCCOCC(=O)N1C(=O)OC[C@@H]1Cc1ccccc1. The number of amides is 2. The van der Waals surface area contributed by atoms with Crippen LogP contribution in [0.2, 0.25) is 0 Å². The number of unbranched alkanes of at least 4 members (excludes halogenated alkanes) is 1. The van der Waals surface area contributed by atoms with Crippen molar-refractivity contribution in [2.24, 2.45) is 0 Å².